The van der Waals surface area contributed by atoms with Gasteiger partial charge in [0.15, 0.2) is 30.1 Å². The highest BCUT2D eigenvalue weighted by atomic mass is 79.9. The van der Waals surface area contributed by atoms with Crippen LogP contribution in [-0.4, -0.2) is 45.4 Å². The summed E-state index contributed by atoms with van der Waals surface area (Å²) < 4.78 is 14.1. The smallest absolute Gasteiger partial charge is 0.226 e. The van der Waals surface area contributed by atoms with E-state index in [1.807, 2.05) is 31.4 Å². The van der Waals surface area contributed by atoms with Crippen molar-refractivity contribution in [2.75, 3.05) is 37.0 Å². The van der Waals surface area contributed by atoms with E-state index in [4.69, 9.17) is 14.8 Å². The minimum absolute atomic E-state index is 0.367. The van der Waals surface area contributed by atoms with Crippen LogP contribution in [-0.2, 0) is 15.6 Å². The largest absolute Gasteiger partial charge is 0.382 e. The minimum Gasteiger partial charge on any atom is -0.382 e. The number of hydrogen-bond acceptors (Lipinski definition) is 7. The number of nitrogens with one attached hydrogen (secondary N) is 1. The lowest BCUT2D eigenvalue weighted by atomic mass is 10.2. The summed E-state index contributed by atoms with van der Waals surface area (Å²) in [4.78, 5) is 13.5. The van der Waals surface area contributed by atoms with Gasteiger partial charge in [0.25, 0.3) is 0 Å². The van der Waals surface area contributed by atoms with Gasteiger partial charge in [-0.05, 0) is 48.7 Å². The maximum Gasteiger partial charge on any atom is 0.226 e. The molecule has 0 saturated heterocycles. The molecule has 30 heavy (non-hydrogen) atoms. The SMILES string of the molecule is C/C=C\C(=C/CP(OCC)OCC)Cn1c(Br)nc2c(N)nc(NCCCC)nc21. The lowest BCUT2D eigenvalue weighted by Crippen LogP contribution is -2.09. The standard InChI is InChI=1S/C20H32BrN6O2P/c1-5-9-12-23-20-25-17(22)16-18(26-20)27(19(21)24-16)14-15(10-6-2)11-13-30(28-7-3)29-8-4/h6,10-11H,5,7-9,12-14H2,1-4H3,(H3,22,23,25,26)/b10-6-,15-11+. The molecule has 0 saturated carbocycles. The van der Waals surface area contributed by atoms with E-state index in [0.717, 1.165) is 31.1 Å². The van der Waals surface area contributed by atoms with Gasteiger partial charge < -0.3 is 20.1 Å². The number of aromatic nitrogens is 4. The summed E-state index contributed by atoms with van der Waals surface area (Å²) in [6, 6.07) is 0. The van der Waals surface area contributed by atoms with Crippen molar-refractivity contribution in [3.8, 4) is 0 Å². The summed E-state index contributed by atoms with van der Waals surface area (Å²) in [7, 11) is -0.931. The highest BCUT2D eigenvalue weighted by Crippen LogP contribution is 2.38. The molecule has 8 nitrogen and oxygen atoms in total. The second-order valence-electron chi connectivity index (χ2n) is 6.48. The molecule has 0 spiro atoms. The second kappa shape index (κ2) is 13.0. The van der Waals surface area contributed by atoms with Crippen LogP contribution in [0, 0.1) is 0 Å². The average Bonchev–Trinajstić information content (AvgIpc) is 3.03. The molecule has 0 aromatic carbocycles. The second-order valence-corrected chi connectivity index (χ2v) is 8.74. The molecule has 2 heterocycles. The number of nitrogens with zero attached hydrogens (tertiary/aromatic N) is 4. The molecule has 0 radical (unpaired) electrons. The van der Waals surface area contributed by atoms with Crippen LogP contribution in [0.3, 0.4) is 0 Å². The molecule has 0 amide bonds. The first-order valence-electron chi connectivity index (χ1n) is 10.3. The van der Waals surface area contributed by atoms with Crippen LogP contribution in [0.2, 0.25) is 0 Å². The maximum atomic E-state index is 6.15. The Morgan fingerprint density at radius 3 is 2.57 bits per heavy atom. The van der Waals surface area contributed by atoms with E-state index < -0.39 is 8.38 Å². The van der Waals surface area contributed by atoms with Gasteiger partial charge in [-0.1, -0.05) is 31.6 Å². The Bertz CT molecular complexity index is 865. The van der Waals surface area contributed by atoms with Gasteiger partial charge in [-0.3, -0.25) is 4.57 Å². The molecule has 0 bridgehead atoms. The number of hydrogen-bond donors (Lipinski definition) is 2. The molecule has 0 atom stereocenters. The number of nitrogens with two attached hydrogens (primary N) is 1. The van der Waals surface area contributed by atoms with E-state index in [1.54, 1.807) is 0 Å². The third-order valence-electron chi connectivity index (χ3n) is 4.16. The van der Waals surface area contributed by atoms with Crippen molar-refractivity contribution in [2.45, 2.75) is 47.1 Å². The Morgan fingerprint density at radius 1 is 1.20 bits per heavy atom. The Morgan fingerprint density at radius 2 is 1.93 bits per heavy atom. The van der Waals surface area contributed by atoms with Crippen LogP contribution in [0.1, 0.15) is 40.5 Å². The third kappa shape index (κ3) is 7.01. The van der Waals surface area contributed by atoms with Crippen LogP contribution in [0.5, 0.6) is 0 Å². The van der Waals surface area contributed by atoms with Crippen molar-refractivity contribution >= 4 is 47.2 Å². The molecule has 0 unspecified atom stereocenters. The topological polar surface area (TPSA) is 100 Å². The van der Waals surface area contributed by atoms with Crippen molar-refractivity contribution in [2.24, 2.45) is 0 Å². The summed E-state index contributed by atoms with van der Waals surface area (Å²) in [6.45, 7) is 10.8. The van der Waals surface area contributed by atoms with Crippen LogP contribution in [0.25, 0.3) is 11.2 Å². The number of anilines is 2. The van der Waals surface area contributed by atoms with E-state index in [0.29, 0.717) is 47.4 Å². The molecular weight excluding hydrogens is 467 g/mol. The Kier molecular flexibility index (Phi) is 10.7. The summed E-state index contributed by atoms with van der Waals surface area (Å²) in [5.41, 5.74) is 8.55. The molecule has 0 aliphatic carbocycles. The summed E-state index contributed by atoms with van der Waals surface area (Å²) in [5, 5.41) is 3.24. The van der Waals surface area contributed by atoms with E-state index in [1.165, 1.54) is 0 Å². The molecular formula is C20H32BrN6O2P. The number of fused-ring (bicyclic) bond motifs is 1. The number of halogens is 1. The molecule has 2 aromatic rings. The van der Waals surface area contributed by atoms with Gasteiger partial charge >= 0.3 is 0 Å². The average molecular weight is 499 g/mol. The number of rotatable bonds is 13. The van der Waals surface area contributed by atoms with Crippen molar-refractivity contribution in [3.63, 3.8) is 0 Å². The first-order chi connectivity index (χ1) is 14.5. The lowest BCUT2D eigenvalue weighted by molar-refractivity contribution is 0.271. The van der Waals surface area contributed by atoms with Gasteiger partial charge in [0.05, 0.1) is 19.8 Å². The Balaban J connectivity index is 2.31. The van der Waals surface area contributed by atoms with Gasteiger partial charge in [0, 0.05) is 12.7 Å². The minimum atomic E-state index is -0.931. The van der Waals surface area contributed by atoms with E-state index in [9.17, 15) is 0 Å². The van der Waals surface area contributed by atoms with Gasteiger partial charge in [-0.25, -0.2) is 4.98 Å². The summed E-state index contributed by atoms with van der Waals surface area (Å²) >= 11 is 3.55. The fourth-order valence-electron chi connectivity index (χ4n) is 2.80. The predicted molar refractivity (Wildman–Crippen MR) is 129 cm³/mol. The fraction of sp³-hybridized carbons (Fsp3) is 0.550. The highest BCUT2D eigenvalue weighted by molar-refractivity contribution is 9.10. The Labute approximate surface area is 188 Å². The van der Waals surface area contributed by atoms with Crippen molar-refractivity contribution in [3.05, 3.63) is 28.5 Å². The predicted octanol–water partition coefficient (Wildman–Crippen LogP) is 5.27. The Hall–Kier alpha value is -1.54. The van der Waals surface area contributed by atoms with Crippen LogP contribution in [0.4, 0.5) is 11.8 Å². The van der Waals surface area contributed by atoms with Crippen molar-refractivity contribution < 1.29 is 9.05 Å². The first kappa shape index (κ1) is 24.7. The normalized spacial score (nSPS) is 12.5. The molecule has 2 aromatic heterocycles. The van der Waals surface area contributed by atoms with Gasteiger partial charge in [-0.15, -0.1) is 0 Å². The number of allylic oxidation sites excluding steroid dienone is 4. The van der Waals surface area contributed by atoms with Gasteiger partial charge in [0.2, 0.25) is 5.95 Å². The molecule has 0 fully saturated rings. The highest BCUT2D eigenvalue weighted by Gasteiger charge is 2.16. The summed E-state index contributed by atoms with van der Waals surface area (Å²) in [5.74, 6) is 0.890. The monoisotopic (exact) mass is 498 g/mol. The molecule has 10 heteroatoms. The van der Waals surface area contributed by atoms with Crippen LogP contribution in [0.15, 0.2) is 28.5 Å². The lowest BCUT2D eigenvalue weighted by Gasteiger charge is -2.14. The zero-order valence-corrected chi connectivity index (χ0v) is 20.7. The number of unbranched alkanes of at least 4 members (excludes halogenated alkanes) is 1. The van der Waals surface area contributed by atoms with E-state index in [2.05, 4.69) is 55.3 Å². The van der Waals surface area contributed by atoms with Crippen molar-refractivity contribution in [1.82, 2.24) is 19.5 Å². The fourth-order valence-corrected chi connectivity index (χ4v) is 4.51. The number of imidazole rings is 1. The van der Waals surface area contributed by atoms with Crippen LogP contribution >= 0.6 is 24.3 Å². The van der Waals surface area contributed by atoms with Crippen molar-refractivity contribution in [1.29, 1.82) is 0 Å². The molecule has 0 aliphatic rings. The zero-order chi connectivity index (χ0) is 21.9. The van der Waals surface area contributed by atoms with E-state index >= 15 is 0 Å². The zero-order valence-electron chi connectivity index (χ0n) is 18.2. The van der Waals surface area contributed by atoms with Gasteiger partial charge in [0.1, 0.15) is 0 Å². The van der Waals surface area contributed by atoms with Crippen LogP contribution < -0.4 is 11.1 Å². The summed E-state index contributed by atoms with van der Waals surface area (Å²) in [6.07, 6.45) is 9.11. The van der Waals surface area contributed by atoms with E-state index in [-0.39, 0.29) is 0 Å². The molecule has 3 N–H and O–H groups in total. The maximum absolute atomic E-state index is 6.15. The molecule has 166 valence electrons. The van der Waals surface area contributed by atoms with Gasteiger partial charge in [-0.2, -0.15) is 9.97 Å². The molecule has 0 aliphatic heterocycles. The number of nitrogen functional groups attached to an aromatic ring is 1. The quantitative estimate of drug-likeness (QED) is 0.168. The third-order valence-corrected chi connectivity index (χ3v) is 6.34. The first-order valence-corrected chi connectivity index (χ1v) is 12.5. The molecule has 2 rings (SSSR count).